The van der Waals surface area contributed by atoms with Gasteiger partial charge in [-0.2, -0.15) is 0 Å². The summed E-state index contributed by atoms with van der Waals surface area (Å²) >= 11 is 12.0. The zero-order chi connectivity index (χ0) is 15.3. The number of benzene rings is 1. The Labute approximate surface area is 133 Å². The maximum absolute atomic E-state index is 12.1. The second-order valence-corrected chi connectivity index (χ2v) is 7.25. The lowest BCUT2D eigenvalue weighted by molar-refractivity contribution is -0.125. The molecule has 1 aromatic heterocycles. The van der Waals surface area contributed by atoms with E-state index in [9.17, 15) is 4.79 Å². The third-order valence-electron chi connectivity index (χ3n) is 4.23. The van der Waals surface area contributed by atoms with Crippen LogP contribution in [-0.2, 0) is 11.3 Å². The topological polar surface area (TPSA) is 46.9 Å². The van der Waals surface area contributed by atoms with E-state index < -0.39 is 9.75 Å². The molecule has 1 aromatic carbocycles. The molecule has 0 radical (unpaired) electrons. The fourth-order valence-electron chi connectivity index (χ4n) is 2.60. The third kappa shape index (κ3) is 2.40. The van der Waals surface area contributed by atoms with Crippen LogP contribution in [0.25, 0.3) is 11.0 Å². The zero-order valence-electron chi connectivity index (χ0n) is 12.0. The highest BCUT2D eigenvalue weighted by Gasteiger charge is 2.67. The molecular formula is C15H17Cl2N3O. The van der Waals surface area contributed by atoms with Crippen LogP contribution in [0.15, 0.2) is 24.3 Å². The van der Waals surface area contributed by atoms with Crippen LogP contribution in [0, 0.1) is 12.3 Å². The van der Waals surface area contributed by atoms with Crippen LogP contribution in [0.1, 0.15) is 19.2 Å². The lowest BCUT2D eigenvalue weighted by Crippen LogP contribution is -2.35. The number of alkyl halides is 2. The van der Waals surface area contributed by atoms with Gasteiger partial charge in [0, 0.05) is 13.1 Å². The minimum absolute atomic E-state index is 0.0884. The summed E-state index contributed by atoms with van der Waals surface area (Å²) in [5.74, 6) is 0.849. The number of hydrogen-bond acceptors (Lipinski definition) is 2. The summed E-state index contributed by atoms with van der Waals surface area (Å²) in [6.07, 6.45) is 0.502. The maximum Gasteiger partial charge on any atom is 0.229 e. The molecule has 1 unspecified atom stereocenters. The molecular weight excluding hydrogens is 309 g/mol. The van der Waals surface area contributed by atoms with E-state index in [1.54, 1.807) is 6.92 Å². The molecule has 4 nitrogen and oxygen atoms in total. The molecule has 1 saturated carbocycles. The Hall–Kier alpha value is -1.26. The Kier molecular flexibility index (Phi) is 3.41. The largest absolute Gasteiger partial charge is 0.354 e. The van der Waals surface area contributed by atoms with Gasteiger partial charge in [-0.05, 0) is 32.4 Å². The first-order chi connectivity index (χ1) is 9.85. The number of para-hydroxylation sites is 2. The van der Waals surface area contributed by atoms with E-state index in [1.807, 2.05) is 31.2 Å². The predicted molar refractivity (Wildman–Crippen MR) is 84.6 cm³/mol. The van der Waals surface area contributed by atoms with E-state index >= 15 is 0 Å². The van der Waals surface area contributed by atoms with Crippen LogP contribution in [0.3, 0.4) is 0 Å². The lowest BCUT2D eigenvalue weighted by Gasteiger charge is -2.13. The van der Waals surface area contributed by atoms with Crippen LogP contribution >= 0.6 is 23.2 Å². The number of nitrogens with zero attached hydrogens (tertiary/aromatic N) is 2. The molecule has 0 spiro atoms. The number of aromatic nitrogens is 2. The minimum atomic E-state index is -0.922. The highest BCUT2D eigenvalue weighted by atomic mass is 35.5. The fraction of sp³-hybridized carbons (Fsp3) is 0.467. The number of aryl methyl sites for hydroxylation is 1. The molecule has 1 fully saturated rings. The van der Waals surface area contributed by atoms with Crippen LogP contribution in [0.2, 0.25) is 0 Å². The summed E-state index contributed by atoms with van der Waals surface area (Å²) in [5, 5.41) is 2.91. The van der Waals surface area contributed by atoms with Gasteiger partial charge in [-0.3, -0.25) is 4.79 Å². The quantitative estimate of drug-likeness (QED) is 0.878. The van der Waals surface area contributed by atoms with Gasteiger partial charge in [0.1, 0.15) is 10.2 Å². The van der Waals surface area contributed by atoms with E-state index in [0.717, 1.165) is 16.9 Å². The number of carbonyl (C=O) groups excluding carboxylic acids is 1. The lowest BCUT2D eigenvalue weighted by atomic mass is 10.1. The molecule has 1 atom stereocenters. The Morgan fingerprint density at radius 3 is 2.76 bits per heavy atom. The fourth-order valence-corrected chi connectivity index (χ4v) is 3.31. The van der Waals surface area contributed by atoms with Crippen LogP contribution in [-0.4, -0.2) is 26.3 Å². The molecule has 1 aliphatic rings. The summed E-state index contributed by atoms with van der Waals surface area (Å²) < 4.78 is 1.17. The van der Waals surface area contributed by atoms with Gasteiger partial charge in [-0.1, -0.05) is 12.1 Å². The van der Waals surface area contributed by atoms with Crippen LogP contribution in [0.4, 0.5) is 0 Å². The molecule has 0 saturated heterocycles. The molecule has 6 heteroatoms. The van der Waals surface area contributed by atoms with Crippen molar-refractivity contribution in [3.8, 4) is 0 Å². The summed E-state index contributed by atoms with van der Waals surface area (Å²) in [4.78, 5) is 16.6. The van der Waals surface area contributed by atoms with Gasteiger partial charge in [0.25, 0.3) is 0 Å². The molecule has 1 amide bonds. The average Bonchev–Trinajstić information content (AvgIpc) is 2.79. The molecule has 1 heterocycles. The molecule has 2 aromatic rings. The van der Waals surface area contributed by atoms with Gasteiger partial charge in [0.05, 0.1) is 16.4 Å². The van der Waals surface area contributed by atoms with Crippen molar-refractivity contribution in [3.63, 3.8) is 0 Å². The van der Waals surface area contributed by atoms with E-state index in [4.69, 9.17) is 23.2 Å². The van der Waals surface area contributed by atoms with Crippen molar-refractivity contribution >= 4 is 40.1 Å². The normalized spacial score (nSPS) is 23.2. The van der Waals surface area contributed by atoms with E-state index in [-0.39, 0.29) is 5.91 Å². The predicted octanol–water partition coefficient (Wildman–Crippen LogP) is 3.04. The second-order valence-electron chi connectivity index (χ2n) is 5.77. The average molecular weight is 326 g/mol. The van der Waals surface area contributed by atoms with Gasteiger partial charge in [0.2, 0.25) is 5.91 Å². The number of halogens is 2. The van der Waals surface area contributed by atoms with Crippen molar-refractivity contribution in [2.75, 3.05) is 6.54 Å². The Balaban J connectivity index is 1.65. The first-order valence-electron chi connectivity index (χ1n) is 6.93. The monoisotopic (exact) mass is 325 g/mol. The molecule has 1 N–H and O–H groups in total. The molecule has 0 bridgehead atoms. The summed E-state index contributed by atoms with van der Waals surface area (Å²) in [7, 11) is 0. The summed E-state index contributed by atoms with van der Waals surface area (Å²) in [6.45, 7) is 4.96. The number of fused-ring (bicyclic) bond motifs is 1. The molecule has 1 aliphatic carbocycles. The second kappa shape index (κ2) is 4.89. The summed E-state index contributed by atoms with van der Waals surface area (Å²) in [5.41, 5.74) is 1.38. The number of carbonyl (C=O) groups is 1. The van der Waals surface area contributed by atoms with Crippen molar-refractivity contribution in [3.05, 3.63) is 30.1 Å². The first-order valence-corrected chi connectivity index (χ1v) is 7.69. The zero-order valence-corrected chi connectivity index (χ0v) is 13.5. The Morgan fingerprint density at radius 1 is 1.43 bits per heavy atom. The molecule has 112 valence electrons. The van der Waals surface area contributed by atoms with Crippen molar-refractivity contribution in [1.82, 2.24) is 14.9 Å². The maximum atomic E-state index is 12.1. The Bertz CT molecular complexity index is 710. The van der Waals surface area contributed by atoms with Gasteiger partial charge in [-0.25, -0.2) is 4.98 Å². The Morgan fingerprint density at radius 2 is 2.10 bits per heavy atom. The number of imidazole rings is 1. The van der Waals surface area contributed by atoms with Crippen molar-refractivity contribution < 1.29 is 4.79 Å². The number of hydrogen-bond donors (Lipinski definition) is 1. The van der Waals surface area contributed by atoms with Crippen molar-refractivity contribution in [2.24, 2.45) is 5.41 Å². The SMILES string of the molecule is Cc1nc2ccccc2n1CCNC(=O)C1(C)CC1(Cl)Cl. The number of nitrogens with one attached hydrogen (secondary N) is 1. The van der Waals surface area contributed by atoms with Gasteiger partial charge >= 0.3 is 0 Å². The van der Waals surface area contributed by atoms with Crippen molar-refractivity contribution in [2.45, 2.75) is 31.1 Å². The van der Waals surface area contributed by atoms with Gasteiger partial charge < -0.3 is 9.88 Å². The number of rotatable bonds is 4. The number of amides is 1. The first kappa shape index (κ1) is 14.7. The van der Waals surface area contributed by atoms with E-state index in [0.29, 0.717) is 19.5 Å². The van der Waals surface area contributed by atoms with Crippen molar-refractivity contribution in [1.29, 1.82) is 0 Å². The highest BCUT2D eigenvalue weighted by Crippen LogP contribution is 2.63. The standard InChI is InChI=1S/C15H17Cl2N3O/c1-10-19-11-5-3-4-6-12(11)20(10)8-7-18-13(21)14(2)9-15(14,16)17/h3-6H,7-9H2,1-2H3,(H,18,21). The van der Waals surface area contributed by atoms with Crippen LogP contribution in [0.5, 0.6) is 0 Å². The van der Waals surface area contributed by atoms with Gasteiger partial charge in [0.15, 0.2) is 0 Å². The van der Waals surface area contributed by atoms with E-state index in [1.165, 1.54) is 0 Å². The third-order valence-corrected chi connectivity index (χ3v) is 5.33. The van der Waals surface area contributed by atoms with Crippen LogP contribution < -0.4 is 5.32 Å². The smallest absolute Gasteiger partial charge is 0.229 e. The highest BCUT2D eigenvalue weighted by molar-refractivity contribution is 6.53. The minimum Gasteiger partial charge on any atom is -0.354 e. The van der Waals surface area contributed by atoms with Gasteiger partial charge in [-0.15, -0.1) is 23.2 Å². The van der Waals surface area contributed by atoms with E-state index in [2.05, 4.69) is 14.9 Å². The summed E-state index contributed by atoms with van der Waals surface area (Å²) in [6, 6.07) is 7.97. The molecule has 21 heavy (non-hydrogen) atoms. The molecule has 3 rings (SSSR count). The molecule has 0 aliphatic heterocycles.